The molecule has 3 heterocycles. The van der Waals surface area contributed by atoms with Crippen molar-refractivity contribution < 1.29 is 4.79 Å². The van der Waals surface area contributed by atoms with Crippen molar-refractivity contribution in [2.24, 2.45) is 5.92 Å². The number of hydrogen-bond donors (Lipinski definition) is 1. The lowest BCUT2D eigenvalue weighted by molar-refractivity contribution is 0.0943. The van der Waals surface area contributed by atoms with E-state index in [1.165, 1.54) is 0 Å². The van der Waals surface area contributed by atoms with E-state index in [0.29, 0.717) is 18.0 Å². The van der Waals surface area contributed by atoms with Crippen LogP contribution in [0.25, 0.3) is 0 Å². The van der Waals surface area contributed by atoms with Crippen molar-refractivity contribution >= 4 is 5.91 Å². The highest BCUT2D eigenvalue weighted by Crippen LogP contribution is 2.18. The number of aromatic nitrogens is 4. The first-order chi connectivity index (χ1) is 9.76. The molecule has 2 aromatic heterocycles. The Morgan fingerprint density at radius 3 is 3.25 bits per heavy atom. The quantitative estimate of drug-likeness (QED) is 0.907. The predicted octanol–water partition coefficient (Wildman–Crippen LogP) is 1.09. The van der Waals surface area contributed by atoms with Gasteiger partial charge in [0.2, 0.25) is 0 Å². The van der Waals surface area contributed by atoms with Crippen LogP contribution in [0, 0.1) is 5.92 Å². The highest BCUT2D eigenvalue weighted by molar-refractivity contribution is 5.93. The second-order valence-corrected chi connectivity index (χ2v) is 5.20. The molecular weight excluding hydrogens is 254 g/mol. The Kier molecular flexibility index (Phi) is 3.54. The van der Waals surface area contributed by atoms with Gasteiger partial charge in [0, 0.05) is 44.6 Å². The van der Waals surface area contributed by atoms with Crippen molar-refractivity contribution in [3.63, 3.8) is 0 Å². The number of imidazole rings is 1. The minimum absolute atomic E-state index is 0.0406. The maximum atomic E-state index is 12.0. The number of rotatable bonds is 4. The van der Waals surface area contributed by atoms with Crippen LogP contribution >= 0.6 is 0 Å². The lowest BCUT2D eigenvalue weighted by Gasteiger charge is -2.23. The minimum atomic E-state index is -0.0406. The Hall–Kier alpha value is -2.11. The number of carbonyl (C=O) groups is 1. The molecule has 2 aromatic rings. The van der Waals surface area contributed by atoms with Gasteiger partial charge in [-0.05, 0) is 19.3 Å². The molecule has 6 nitrogen and oxygen atoms in total. The standard InChI is InChI=1S/C14H19N5O/c1-2-19-10-12(8-17-19)14(20)16-7-11-3-4-13-15-5-6-18(13)9-11/h5-6,8,10-11H,2-4,7,9H2,1H3,(H,16,20)/t11-/m0/s1. The summed E-state index contributed by atoms with van der Waals surface area (Å²) in [6.45, 7) is 4.41. The number of nitrogens with zero attached hydrogens (tertiary/aromatic N) is 4. The Balaban J connectivity index is 1.54. The molecular formula is C14H19N5O. The van der Waals surface area contributed by atoms with Gasteiger partial charge in [-0.15, -0.1) is 0 Å². The van der Waals surface area contributed by atoms with E-state index in [1.54, 1.807) is 17.1 Å². The third kappa shape index (κ3) is 2.59. The summed E-state index contributed by atoms with van der Waals surface area (Å²) in [6, 6.07) is 0. The normalized spacial score (nSPS) is 17.8. The maximum absolute atomic E-state index is 12.0. The summed E-state index contributed by atoms with van der Waals surface area (Å²) in [6.07, 6.45) is 9.31. The molecule has 3 rings (SSSR count). The molecule has 0 spiro atoms. The zero-order chi connectivity index (χ0) is 13.9. The van der Waals surface area contributed by atoms with Gasteiger partial charge >= 0.3 is 0 Å². The second kappa shape index (κ2) is 5.48. The third-order valence-corrected chi connectivity index (χ3v) is 3.80. The first-order valence-electron chi connectivity index (χ1n) is 7.07. The van der Waals surface area contributed by atoms with Gasteiger partial charge in [0.1, 0.15) is 5.82 Å². The summed E-state index contributed by atoms with van der Waals surface area (Å²) in [4.78, 5) is 16.3. The molecule has 1 amide bonds. The van der Waals surface area contributed by atoms with Crippen LogP contribution in [0.3, 0.4) is 0 Å². The van der Waals surface area contributed by atoms with Crippen molar-refractivity contribution in [1.29, 1.82) is 0 Å². The van der Waals surface area contributed by atoms with Crippen molar-refractivity contribution in [1.82, 2.24) is 24.6 Å². The average Bonchev–Trinajstić information content (AvgIpc) is 3.12. The van der Waals surface area contributed by atoms with E-state index in [-0.39, 0.29) is 5.91 Å². The molecule has 0 aliphatic carbocycles. The minimum Gasteiger partial charge on any atom is -0.352 e. The summed E-state index contributed by atoms with van der Waals surface area (Å²) in [7, 11) is 0. The summed E-state index contributed by atoms with van der Waals surface area (Å²) in [5, 5.41) is 7.12. The molecule has 1 atom stereocenters. The van der Waals surface area contributed by atoms with Crippen LogP contribution in [-0.4, -0.2) is 31.8 Å². The lowest BCUT2D eigenvalue weighted by Crippen LogP contribution is -2.33. The van der Waals surface area contributed by atoms with Gasteiger partial charge < -0.3 is 9.88 Å². The number of amides is 1. The third-order valence-electron chi connectivity index (χ3n) is 3.80. The number of fused-ring (bicyclic) bond motifs is 1. The summed E-state index contributed by atoms with van der Waals surface area (Å²) >= 11 is 0. The zero-order valence-corrected chi connectivity index (χ0v) is 11.6. The first kappa shape index (κ1) is 12.9. The lowest BCUT2D eigenvalue weighted by atomic mass is 9.99. The highest BCUT2D eigenvalue weighted by Gasteiger charge is 2.19. The Morgan fingerprint density at radius 2 is 2.45 bits per heavy atom. The van der Waals surface area contributed by atoms with E-state index < -0.39 is 0 Å². The van der Waals surface area contributed by atoms with Crippen LogP contribution in [0.15, 0.2) is 24.8 Å². The smallest absolute Gasteiger partial charge is 0.254 e. The summed E-state index contributed by atoms with van der Waals surface area (Å²) in [5.41, 5.74) is 0.631. The van der Waals surface area contributed by atoms with Crippen molar-refractivity contribution in [3.8, 4) is 0 Å². The van der Waals surface area contributed by atoms with E-state index in [4.69, 9.17) is 0 Å². The summed E-state index contributed by atoms with van der Waals surface area (Å²) in [5.74, 6) is 1.58. The topological polar surface area (TPSA) is 64.7 Å². The Bertz CT molecular complexity index is 600. The molecule has 1 aliphatic heterocycles. The van der Waals surface area contributed by atoms with Crippen LogP contribution in [0.1, 0.15) is 29.5 Å². The van der Waals surface area contributed by atoms with Crippen LogP contribution in [-0.2, 0) is 19.5 Å². The molecule has 0 saturated heterocycles. The van der Waals surface area contributed by atoms with E-state index in [9.17, 15) is 4.79 Å². The number of carbonyl (C=O) groups excluding carboxylic acids is 1. The van der Waals surface area contributed by atoms with Crippen LogP contribution < -0.4 is 5.32 Å². The number of hydrogen-bond acceptors (Lipinski definition) is 3. The van der Waals surface area contributed by atoms with Gasteiger partial charge in [-0.2, -0.15) is 5.10 Å². The number of nitrogens with one attached hydrogen (secondary N) is 1. The van der Waals surface area contributed by atoms with Crippen LogP contribution in [0.4, 0.5) is 0 Å². The predicted molar refractivity (Wildman–Crippen MR) is 74.3 cm³/mol. The fraction of sp³-hybridized carbons (Fsp3) is 0.500. The molecule has 20 heavy (non-hydrogen) atoms. The molecule has 1 aliphatic rings. The number of aryl methyl sites for hydroxylation is 2. The molecule has 1 N–H and O–H groups in total. The molecule has 0 bridgehead atoms. The molecule has 0 unspecified atom stereocenters. The second-order valence-electron chi connectivity index (χ2n) is 5.20. The van der Waals surface area contributed by atoms with Gasteiger partial charge in [0.15, 0.2) is 0 Å². The van der Waals surface area contributed by atoms with E-state index in [2.05, 4.69) is 20.0 Å². The SMILES string of the molecule is CCn1cc(C(=O)NC[C@@H]2CCc3nccn3C2)cn1. The Labute approximate surface area is 117 Å². The van der Waals surface area contributed by atoms with Gasteiger partial charge in [-0.1, -0.05) is 0 Å². The molecule has 0 saturated carbocycles. The van der Waals surface area contributed by atoms with E-state index in [1.807, 2.05) is 19.3 Å². The summed E-state index contributed by atoms with van der Waals surface area (Å²) < 4.78 is 3.93. The van der Waals surface area contributed by atoms with Crippen LogP contribution in [0.2, 0.25) is 0 Å². The van der Waals surface area contributed by atoms with Crippen LogP contribution in [0.5, 0.6) is 0 Å². The van der Waals surface area contributed by atoms with Crippen molar-refractivity contribution in [2.45, 2.75) is 32.9 Å². The first-order valence-corrected chi connectivity index (χ1v) is 7.07. The zero-order valence-electron chi connectivity index (χ0n) is 11.6. The fourth-order valence-electron chi connectivity index (χ4n) is 2.60. The van der Waals surface area contributed by atoms with E-state index in [0.717, 1.165) is 31.8 Å². The molecule has 0 fully saturated rings. The fourth-order valence-corrected chi connectivity index (χ4v) is 2.60. The van der Waals surface area contributed by atoms with Gasteiger partial charge in [0.25, 0.3) is 5.91 Å². The Morgan fingerprint density at radius 1 is 1.55 bits per heavy atom. The largest absolute Gasteiger partial charge is 0.352 e. The molecule has 106 valence electrons. The van der Waals surface area contributed by atoms with Crippen molar-refractivity contribution in [2.75, 3.05) is 6.54 Å². The molecule has 0 radical (unpaired) electrons. The van der Waals surface area contributed by atoms with Gasteiger partial charge in [-0.25, -0.2) is 4.98 Å². The molecule has 6 heteroatoms. The average molecular weight is 273 g/mol. The van der Waals surface area contributed by atoms with E-state index >= 15 is 0 Å². The van der Waals surface area contributed by atoms with Gasteiger partial charge in [-0.3, -0.25) is 9.48 Å². The van der Waals surface area contributed by atoms with Gasteiger partial charge in [0.05, 0.1) is 11.8 Å². The monoisotopic (exact) mass is 273 g/mol. The molecule has 0 aromatic carbocycles. The highest BCUT2D eigenvalue weighted by atomic mass is 16.1. The van der Waals surface area contributed by atoms with Crippen molar-refractivity contribution in [3.05, 3.63) is 36.2 Å². The maximum Gasteiger partial charge on any atom is 0.254 e.